The summed E-state index contributed by atoms with van der Waals surface area (Å²) in [6.07, 6.45) is 4.43. The van der Waals surface area contributed by atoms with E-state index in [0.717, 1.165) is 26.2 Å². The predicted octanol–water partition coefficient (Wildman–Crippen LogP) is 3.47. The van der Waals surface area contributed by atoms with Gasteiger partial charge in [0.25, 0.3) is 0 Å². The highest BCUT2D eigenvalue weighted by Gasteiger charge is 1.99. The average Bonchev–Trinajstić information content (AvgIpc) is 2.85. The summed E-state index contributed by atoms with van der Waals surface area (Å²) in [6, 6.07) is 10.6. The monoisotopic (exact) mass is 261 g/mol. The van der Waals surface area contributed by atoms with Gasteiger partial charge < -0.3 is 14.0 Å². The summed E-state index contributed by atoms with van der Waals surface area (Å²) < 4.78 is 13.3. The van der Waals surface area contributed by atoms with Gasteiger partial charge >= 0.3 is 0 Å². The van der Waals surface area contributed by atoms with Gasteiger partial charge in [0, 0.05) is 24.9 Å². The molecule has 3 nitrogen and oxygen atoms in total. The molecule has 1 aromatic carbocycles. The van der Waals surface area contributed by atoms with E-state index in [4.69, 9.17) is 9.47 Å². The van der Waals surface area contributed by atoms with Crippen LogP contribution in [-0.4, -0.2) is 31.0 Å². The molecule has 0 unspecified atom stereocenters. The van der Waals surface area contributed by atoms with Crippen LogP contribution in [0.1, 0.15) is 19.8 Å². The van der Waals surface area contributed by atoms with Crippen molar-refractivity contribution >= 4 is 10.9 Å². The summed E-state index contributed by atoms with van der Waals surface area (Å²) in [5.41, 5.74) is 1.27. The van der Waals surface area contributed by atoms with Crippen LogP contribution in [0.25, 0.3) is 10.9 Å². The molecule has 0 radical (unpaired) electrons. The zero-order valence-electron chi connectivity index (χ0n) is 11.7. The fourth-order valence-corrected chi connectivity index (χ4v) is 2.07. The second-order valence-corrected chi connectivity index (χ2v) is 4.65. The Morgan fingerprint density at radius 1 is 0.947 bits per heavy atom. The minimum atomic E-state index is 0.683. The number of aromatic nitrogens is 1. The van der Waals surface area contributed by atoms with Gasteiger partial charge in [-0.3, -0.25) is 0 Å². The second-order valence-electron chi connectivity index (χ2n) is 4.65. The number of nitrogens with zero attached hydrogens (tertiary/aromatic N) is 1. The van der Waals surface area contributed by atoms with E-state index in [1.54, 1.807) is 0 Å². The van der Waals surface area contributed by atoms with E-state index in [-0.39, 0.29) is 0 Å². The maximum absolute atomic E-state index is 5.59. The van der Waals surface area contributed by atoms with Crippen LogP contribution in [0.4, 0.5) is 0 Å². The van der Waals surface area contributed by atoms with Crippen LogP contribution in [0.2, 0.25) is 0 Å². The molecule has 0 bridgehead atoms. The van der Waals surface area contributed by atoms with Gasteiger partial charge in [0.15, 0.2) is 0 Å². The van der Waals surface area contributed by atoms with Crippen molar-refractivity contribution in [3.63, 3.8) is 0 Å². The molecule has 104 valence electrons. The van der Waals surface area contributed by atoms with E-state index in [1.807, 2.05) is 0 Å². The molecule has 0 fully saturated rings. The molecule has 0 N–H and O–H groups in total. The minimum Gasteiger partial charge on any atom is -0.379 e. The molecule has 0 aliphatic rings. The van der Waals surface area contributed by atoms with E-state index in [1.165, 1.54) is 17.3 Å². The molecule has 0 spiro atoms. The molecule has 0 amide bonds. The first-order chi connectivity index (χ1) is 9.42. The lowest BCUT2D eigenvalue weighted by Crippen LogP contribution is -2.09. The van der Waals surface area contributed by atoms with Crippen LogP contribution in [0.5, 0.6) is 0 Å². The molecule has 2 rings (SSSR count). The molecule has 2 aromatic rings. The maximum Gasteiger partial charge on any atom is 0.0701 e. The molecule has 3 heteroatoms. The molecule has 1 heterocycles. The van der Waals surface area contributed by atoms with Crippen molar-refractivity contribution in [2.45, 2.75) is 26.3 Å². The van der Waals surface area contributed by atoms with Crippen molar-refractivity contribution in [2.75, 3.05) is 26.4 Å². The van der Waals surface area contributed by atoms with E-state index in [2.05, 4.69) is 48.0 Å². The van der Waals surface area contributed by atoms with Gasteiger partial charge in [-0.15, -0.1) is 0 Å². The van der Waals surface area contributed by atoms with E-state index < -0.39 is 0 Å². The molecule has 0 atom stereocenters. The van der Waals surface area contributed by atoms with Crippen LogP contribution in [0, 0.1) is 0 Å². The predicted molar refractivity (Wildman–Crippen MR) is 78.5 cm³/mol. The van der Waals surface area contributed by atoms with Gasteiger partial charge in [0.2, 0.25) is 0 Å². The standard InChI is InChI=1S/C16H23NO2/c1-2-3-11-18-13-14-19-12-10-17-9-8-15-6-4-5-7-16(15)17/h4-9H,2-3,10-14H2,1H3. The second kappa shape index (κ2) is 7.97. The highest BCUT2D eigenvalue weighted by molar-refractivity contribution is 5.79. The Hall–Kier alpha value is -1.32. The van der Waals surface area contributed by atoms with E-state index in [0.29, 0.717) is 13.2 Å². The number of ether oxygens (including phenoxy) is 2. The third-order valence-corrected chi connectivity index (χ3v) is 3.17. The quantitative estimate of drug-likeness (QED) is 0.645. The van der Waals surface area contributed by atoms with Crippen LogP contribution in [0.3, 0.4) is 0 Å². The first-order valence-corrected chi connectivity index (χ1v) is 7.11. The lowest BCUT2D eigenvalue weighted by Gasteiger charge is -2.07. The maximum atomic E-state index is 5.59. The van der Waals surface area contributed by atoms with Crippen LogP contribution in [0.15, 0.2) is 36.5 Å². The first kappa shape index (κ1) is 14.1. The van der Waals surface area contributed by atoms with Crippen molar-refractivity contribution in [1.29, 1.82) is 0 Å². The fourth-order valence-electron chi connectivity index (χ4n) is 2.07. The smallest absolute Gasteiger partial charge is 0.0701 e. The van der Waals surface area contributed by atoms with Crippen molar-refractivity contribution in [3.05, 3.63) is 36.5 Å². The zero-order chi connectivity index (χ0) is 13.3. The number of fused-ring (bicyclic) bond motifs is 1. The van der Waals surface area contributed by atoms with Crippen molar-refractivity contribution in [2.24, 2.45) is 0 Å². The summed E-state index contributed by atoms with van der Waals surface area (Å²) in [6.45, 7) is 6.02. The minimum absolute atomic E-state index is 0.683. The fraction of sp³-hybridized carbons (Fsp3) is 0.500. The highest BCUT2D eigenvalue weighted by Crippen LogP contribution is 2.14. The lowest BCUT2D eigenvalue weighted by atomic mass is 10.2. The Morgan fingerprint density at radius 2 is 1.74 bits per heavy atom. The molecule has 19 heavy (non-hydrogen) atoms. The normalized spacial score (nSPS) is 11.2. The number of hydrogen-bond acceptors (Lipinski definition) is 2. The Bertz CT molecular complexity index is 478. The Morgan fingerprint density at radius 3 is 2.58 bits per heavy atom. The number of para-hydroxylation sites is 1. The SMILES string of the molecule is CCCCOCCOCCn1ccc2ccccc21. The van der Waals surface area contributed by atoms with Crippen molar-refractivity contribution in [3.8, 4) is 0 Å². The van der Waals surface area contributed by atoms with E-state index in [9.17, 15) is 0 Å². The third kappa shape index (κ3) is 4.37. The number of hydrogen-bond donors (Lipinski definition) is 0. The summed E-state index contributed by atoms with van der Waals surface area (Å²) in [5, 5.41) is 1.28. The summed E-state index contributed by atoms with van der Waals surface area (Å²) in [7, 11) is 0. The Balaban J connectivity index is 1.63. The van der Waals surface area contributed by atoms with Crippen LogP contribution < -0.4 is 0 Å². The zero-order valence-corrected chi connectivity index (χ0v) is 11.7. The van der Waals surface area contributed by atoms with Gasteiger partial charge in [0.05, 0.1) is 19.8 Å². The number of rotatable bonds is 9. The van der Waals surface area contributed by atoms with Gasteiger partial charge in [-0.25, -0.2) is 0 Å². The molecule has 1 aromatic heterocycles. The molecule has 0 saturated carbocycles. The lowest BCUT2D eigenvalue weighted by molar-refractivity contribution is 0.0441. The average molecular weight is 261 g/mol. The van der Waals surface area contributed by atoms with Gasteiger partial charge in [-0.2, -0.15) is 0 Å². The largest absolute Gasteiger partial charge is 0.379 e. The first-order valence-electron chi connectivity index (χ1n) is 7.11. The Labute approximate surface area is 115 Å². The number of benzene rings is 1. The van der Waals surface area contributed by atoms with Gasteiger partial charge in [0.1, 0.15) is 0 Å². The van der Waals surface area contributed by atoms with Gasteiger partial charge in [-0.1, -0.05) is 31.5 Å². The number of unbranched alkanes of at least 4 members (excludes halogenated alkanes) is 1. The molecule has 0 aliphatic heterocycles. The highest BCUT2D eigenvalue weighted by atomic mass is 16.5. The molecule has 0 saturated heterocycles. The summed E-state index contributed by atoms with van der Waals surface area (Å²) in [5.74, 6) is 0. The van der Waals surface area contributed by atoms with Crippen molar-refractivity contribution < 1.29 is 9.47 Å². The topological polar surface area (TPSA) is 23.4 Å². The van der Waals surface area contributed by atoms with Crippen molar-refractivity contribution in [1.82, 2.24) is 4.57 Å². The van der Waals surface area contributed by atoms with Crippen LogP contribution in [-0.2, 0) is 16.0 Å². The molecular weight excluding hydrogens is 238 g/mol. The molecular formula is C16H23NO2. The summed E-state index contributed by atoms with van der Waals surface area (Å²) >= 11 is 0. The van der Waals surface area contributed by atoms with Crippen LogP contribution >= 0.6 is 0 Å². The van der Waals surface area contributed by atoms with E-state index >= 15 is 0 Å². The summed E-state index contributed by atoms with van der Waals surface area (Å²) in [4.78, 5) is 0. The van der Waals surface area contributed by atoms with Gasteiger partial charge in [-0.05, 0) is 23.9 Å². The molecule has 0 aliphatic carbocycles. The Kier molecular flexibility index (Phi) is 5.92. The third-order valence-electron chi connectivity index (χ3n) is 3.17.